The van der Waals surface area contributed by atoms with Crippen LogP contribution < -0.4 is 0 Å². The monoisotopic (exact) mass is 182 g/mol. The number of halogens is 1. The van der Waals surface area contributed by atoms with E-state index in [4.69, 9.17) is 16.3 Å². The van der Waals surface area contributed by atoms with Crippen LogP contribution in [0.3, 0.4) is 0 Å². The average molecular weight is 183 g/mol. The third kappa shape index (κ3) is 1.13. The largest absolute Gasteiger partial charge is 0.377 e. The zero-order valence-corrected chi connectivity index (χ0v) is 7.77. The van der Waals surface area contributed by atoms with Gasteiger partial charge in [0, 0.05) is 0 Å². The van der Waals surface area contributed by atoms with Gasteiger partial charge in [0.15, 0.2) is 0 Å². The molecule has 2 rings (SSSR count). The van der Waals surface area contributed by atoms with Crippen LogP contribution in [-0.4, -0.2) is 13.2 Å². The second-order valence-corrected chi connectivity index (χ2v) is 4.00. The lowest BCUT2D eigenvalue weighted by Gasteiger charge is -2.36. The van der Waals surface area contributed by atoms with E-state index in [0.717, 1.165) is 0 Å². The highest BCUT2D eigenvalue weighted by molar-refractivity contribution is 6.24. The van der Waals surface area contributed by atoms with Gasteiger partial charge in [-0.15, -0.1) is 11.6 Å². The maximum absolute atomic E-state index is 6.31. The smallest absolute Gasteiger partial charge is 0.116 e. The van der Waals surface area contributed by atoms with E-state index >= 15 is 0 Å². The zero-order valence-electron chi connectivity index (χ0n) is 7.01. The topological polar surface area (TPSA) is 9.23 Å². The van der Waals surface area contributed by atoms with Crippen molar-refractivity contribution in [1.29, 1.82) is 0 Å². The molecule has 0 unspecified atom stereocenters. The zero-order chi connectivity index (χ0) is 8.60. The Morgan fingerprint density at radius 1 is 1.33 bits per heavy atom. The molecule has 1 aliphatic heterocycles. The minimum Gasteiger partial charge on any atom is -0.377 e. The predicted octanol–water partition coefficient (Wildman–Crippen LogP) is 2.46. The van der Waals surface area contributed by atoms with Gasteiger partial charge in [-0.1, -0.05) is 24.3 Å². The molecule has 0 radical (unpaired) electrons. The Morgan fingerprint density at radius 3 is 2.50 bits per heavy atom. The third-order valence-electron chi connectivity index (χ3n) is 2.29. The van der Waals surface area contributed by atoms with E-state index in [0.29, 0.717) is 13.2 Å². The molecule has 1 aliphatic rings. The minimum atomic E-state index is -0.245. The Bertz CT molecular complexity index is 292. The Kier molecular flexibility index (Phi) is 1.85. The van der Waals surface area contributed by atoms with E-state index in [1.54, 1.807) is 0 Å². The van der Waals surface area contributed by atoms with Gasteiger partial charge in [-0.25, -0.2) is 0 Å². The minimum absolute atomic E-state index is 0.245. The van der Waals surface area contributed by atoms with Crippen molar-refractivity contribution in [3.8, 4) is 0 Å². The lowest BCUT2D eigenvalue weighted by molar-refractivity contribution is -0.0154. The Balaban J connectivity index is 2.39. The fourth-order valence-corrected chi connectivity index (χ4v) is 1.88. The molecule has 0 N–H and O–H groups in total. The standard InChI is InChI=1S/C10H11ClO/c1-8-4-2-3-5-9(8)10(11)6-12-7-10/h2-5H,6-7H2,1H3. The summed E-state index contributed by atoms with van der Waals surface area (Å²) in [5.41, 5.74) is 2.45. The lowest BCUT2D eigenvalue weighted by Crippen LogP contribution is -2.42. The molecule has 1 saturated heterocycles. The summed E-state index contributed by atoms with van der Waals surface area (Å²) in [6.07, 6.45) is 0. The molecule has 0 atom stereocenters. The highest BCUT2D eigenvalue weighted by Crippen LogP contribution is 2.37. The molecule has 1 nitrogen and oxygen atoms in total. The number of rotatable bonds is 1. The number of hydrogen-bond donors (Lipinski definition) is 0. The Morgan fingerprint density at radius 2 is 2.00 bits per heavy atom. The van der Waals surface area contributed by atoms with Crippen LogP contribution in [0.15, 0.2) is 24.3 Å². The van der Waals surface area contributed by atoms with Crippen molar-refractivity contribution in [2.75, 3.05) is 13.2 Å². The molecule has 12 heavy (non-hydrogen) atoms. The maximum Gasteiger partial charge on any atom is 0.116 e. The fourth-order valence-electron chi connectivity index (χ4n) is 1.51. The number of alkyl halides is 1. The number of hydrogen-bond acceptors (Lipinski definition) is 1. The van der Waals surface area contributed by atoms with Gasteiger partial charge in [0.1, 0.15) is 4.87 Å². The molecule has 0 amide bonds. The highest BCUT2D eigenvalue weighted by Gasteiger charge is 2.38. The summed E-state index contributed by atoms with van der Waals surface area (Å²) in [6.45, 7) is 3.36. The lowest BCUT2D eigenvalue weighted by atomic mass is 9.93. The van der Waals surface area contributed by atoms with Gasteiger partial charge in [0.25, 0.3) is 0 Å². The third-order valence-corrected chi connectivity index (χ3v) is 2.71. The molecule has 64 valence electrons. The van der Waals surface area contributed by atoms with Crippen molar-refractivity contribution in [2.45, 2.75) is 11.8 Å². The predicted molar refractivity (Wildman–Crippen MR) is 49.5 cm³/mol. The van der Waals surface area contributed by atoms with Crippen molar-refractivity contribution in [3.05, 3.63) is 35.4 Å². The molecule has 1 aromatic rings. The second kappa shape index (κ2) is 2.75. The summed E-state index contributed by atoms with van der Waals surface area (Å²) >= 11 is 6.31. The van der Waals surface area contributed by atoms with Crippen LogP contribution in [0, 0.1) is 6.92 Å². The first-order valence-corrected chi connectivity index (χ1v) is 4.43. The van der Waals surface area contributed by atoms with Crippen LogP contribution in [-0.2, 0) is 9.61 Å². The van der Waals surface area contributed by atoms with E-state index in [-0.39, 0.29) is 4.87 Å². The number of aryl methyl sites for hydroxylation is 1. The summed E-state index contributed by atoms with van der Waals surface area (Å²) in [5.74, 6) is 0. The van der Waals surface area contributed by atoms with Gasteiger partial charge >= 0.3 is 0 Å². The summed E-state index contributed by atoms with van der Waals surface area (Å²) in [7, 11) is 0. The first kappa shape index (κ1) is 8.09. The van der Waals surface area contributed by atoms with Crippen LogP contribution in [0.5, 0.6) is 0 Å². The van der Waals surface area contributed by atoms with Crippen molar-refractivity contribution in [1.82, 2.24) is 0 Å². The van der Waals surface area contributed by atoms with Crippen LogP contribution in [0.1, 0.15) is 11.1 Å². The number of ether oxygens (including phenoxy) is 1. The highest BCUT2D eigenvalue weighted by atomic mass is 35.5. The summed E-state index contributed by atoms with van der Waals surface area (Å²) in [5, 5.41) is 0. The quantitative estimate of drug-likeness (QED) is 0.607. The fraction of sp³-hybridized carbons (Fsp3) is 0.400. The van der Waals surface area contributed by atoms with Gasteiger partial charge in [-0.3, -0.25) is 0 Å². The van der Waals surface area contributed by atoms with Crippen molar-refractivity contribution in [3.63, 3.8) is 0 Å². The molecule has 0 saturated carbocycles. The maximum atomic E-state index is 6.31. The normalized spacial score (nSPS) is 20.2. The first-order valence-electron chi connectivity index (χ1n) is 4.05. The summed E-state index contributed by atoms with van der Waals surface area (Å²) in [4.78, 5) is -0.245. The molecule has 0 spiro atoms. The Hall–Kier alpha value is -0.530. The van der Waals surface area contributed by atoms with E-state index in [2.05, 4.69) is 19.1 Å². The molecule has 2 heteroatoms. The van der Waals surface area contributed by atoms with Gasteiger partial charge in [-0.2, -0.15) is 0 Å². The van der Waals surface area contributed by atoms with E-state index in [9.17, 15) is 0 Å². The SMILES string of the molecule is Cc1ccccc1C1(Cl)COC1. The van der Waals surface area contributed by atoms with Crippen molar-refractivity contribution in [2.24, 2.45) is 0 Å². The van der Waals surface area contributed by atoms with Crippen LogP contribution >= 0.6 is 11.6 Å². The van der Waals surface area contributed by atoms with Gasteiger partial charge < -0.3 is 4.74 Å². The molecule has 1 heterocycles. The second-order valence-electron chi connectivity index (χ2n) is 3.27. The average Bonchev–Trinajstić information content (AvgIpc) is 2.01. The van der Waals surface area contributed by atoms with Crippen molar-refractivity contribution < 1.29 is 4.74 Å². The van der Waals surface area contributed by atoms with Crippen LogP contribution in [0.4, 0.5) is 0 Å². The van der Waals surface area contributed by atoms with E-state index in [1.807, 2.05) is 12.1 Å². The summed E-state index contributed by atoms with van der Waals surface area (Å²) in [6, 6.07) is 8.20. The summed E-state index contributed by atoms with van der Waals surface area (Å²) < 4.78 is 5.12. The van der Waals surface area contributed by atoms with Crippen molar-refractivity contribution >= 4 is 11.6 Å². The molecule has 1 fully saturated rings. The van der Waals surface area contributed by atoms with Crippen LogP contribution in [0.25, 0.3) is 0 Å². The van der Waals surface area contributed by atoms with Crippen LogP contribution in [0.2, 0.25) is 0 Å². The Labute approximate surface area is 77.3 Å². The van der Waals surface area contributed by atoms with Gasteiger partial charge in [0.05, 0.1) is 13.2 Å². The van der Waals surface area contributed by atoms with Gasteiger partial charge in [0.2, 0.25) is 0 Å². The molecular weight excluding hydrogens is 172 g/mol. The molecular formula is C10H11ClO. The van der Waals surface area contributed by atoms with E-state index < -0.39 is 0 Å². The molecule has 0 bridgehead atoms. The number of benzene rings is 1. The van der Waals surface area contributed by atoms with E-state index in [1.165, 1.54) is 11.1 Å². The first-order chi connectivity index (χ1) is 5.72. The van der Waals surface area contributed by atoms with Gasteiger partial charge in [-0.05, 0) is 18.1 Å². The molecule has 1 aromatic carbocycles. The molecule has 0 aliphatic carbocycles. The molecule has 0 aromatic heterocycles.